The molecule has 0 aliphatic rings. The maximum atomic E-state index is 11.3. The zero-order chi connectivity index (χ0) is 13.0. The van der Waals surface area contributed by atoms with Crippen molar-refractivity contribution in [2.45, 2.75) is 12.5 Å². The molecule has 1 atom stereocenters. The minimum Gasteiger partial charge on any atom is -0.479 e. The SMILES string of the molecule is O=C(CBr)Cc1cc(C(O)C(=O)O)ccc1Br. The van der Waals surface area contributed by atoms with E-state index in [1.165, 1.54) is 12.1 Å². The summed E-state index contributed by atoms with van der Waals surface area (Å²) in [6, 6.07) is 4.65. The summed E-state index contributed by atoms with van der Waals surface area (Å²) in [6.07, 6.45) is -1.38. The predicted octanol–water partition coefficient (Wildman–Crippen LogP) is 2.07. The van der Waals surface area contributed by atoms with Crippen LogP contribution in [0.15, 0.2) is 22.7 Å². The van der Waals surface area contributed by atoms with Crippen LogP contribution in [0.3, 0.4) is 0 Å². The first kappa shape index (κ1) is 14.3. The number of Topliss-reactive ketones (excluding diaryl/α,β-unsaturated/α-hetero) is 1. The zero-order valence-electron chi connectivity index (χ0n) is 8.69. The van der Waals surface area contributed by atoms with E-state index in [1.807, 2.05) is 0 Å². The number of aliphatic hydroxyl groups excluding tert-OH is 1. The molecule has 0 aromatic heterocycles. The van der Waals surface area contributed by atoms with E-state index < -0.39 is 12.1 Å². The average molecular weight is 366 g/mol. The number of hydrogen-bond acceptors (Lipinski definition) is 3. The van der Waals surface area contributed by atoms with Gasteiger partial charge in [0.1, 0.15) is 5.78 Å². The molecule has 0 saturated carbocycles. The molecule has 1 unspecified atom stereocenters. The van der Waals surface area contributed by atoms with E-state index in [2.05, 4.69) is 31.9 Å². The fourth-order valence-corrected chi connectivity index (χ4v) is 1.89. The first-order valence-corrected chi connectivity index (χ1v) is 6.64. The Morgan fingerprint density at radius 2 is 2.00 bits per heavy atom. The number of carboxylic acids is 1. The molecule has 4 nitrogen and oxygen atoms in total. The van der Waals surface area contributed by atoms with Crippen LogP contribution >= 0.6 is 31.9 Å². The number of hydrogen-bond donors (Lipinski definition) is 2. The van der Waals surface area contributed by atoms with Crippen molar-refractivity contribution in [3.05, 3.63) is 33.8 Å². The molecule has 0 spiro atoms. The molecule has 0 fully saturated rings. The molecule has 2 N–H and O–H groups in total. The van der Waals surface area contributed by atoms with E-state index >= 15 is 0 Å². The summed E-state index contributed by atoms with van der Waals surface area (Å²) in [4.78, 5) is 21.9. The van der Waals surface area contributed by atoms with E-state index in [0.29, 0.717) is 10.0 Å². The molecule has 1 aromatic carbocycles. The molecule has 0 saturated heterocycles. The number of benzene rings is 1. The maximum Gasteiger partial charge on any atom is 0.337 e. The molecule has 6 heteroatoms. The molecule has 0 aliphatic carbocycles. The fourth-order valence-electron chi connectivity index (χ4n) is 1.30. The molecule has 1 rings (SSSR count). The van der Waals surface area contributed by atoms with Crippen LogP contribution in [-0.2, 0) is 16.0 Å². The number of ketones is 1. The highest BCUT2D eigenvalue weighted by Gasteiger charge is 2.17. The van der Waals surface area contributed by atoms with Gasteiger partial charge in [0.15, 0.2) is 6.10 Å². The van der Waals surface area contributed by atoms with Gasteiger partial charge in [0.25, 0.3) is 0 Å². The summed E-state index contributed by atoms with van der Waals surface area (Å²) in [6.45, 7) is 0. The Labute approximate surface area is 115 Å². The third kappa shape index (κ3) is 3.90. The lowest BCUT2D eigenvalue weighted by molar-refractivity contribution is -0.146. The second kappa shape index (κ2) is 6.28. The summed E-state index contributed by atoms with van der Waals surface area (Å²) >= 11 is 6.34. The predicted molar refractivity (Wildman–Crippen MR) is 69.2 cm³/mol. The van der Waals surface area contributed by atoms with E-state index in [0.717, 1.165) is 0 Å². The Bertz CT molecular complexity index is 445. The number of carbonyl (C=O) groups is 2. The number of aliphatic carboxylic acids is 1. The van der Waals surface area contributed by atoms with Gasteiger partial charge in [-0.2, -0.15) is 0 Å². The van der Waals surface area contributed by atoms with E-state index in [9.17, 15) is 14.7 Å². The summed E-state index contributed by atoms with van der Waals surface area (Å²) in [5, 5.41) is 18.3. The summed E-state index contributed by atoms with van der Waals surface area (Å²) in [5.41, 5.74) is 0.922. The molecule has 0 amide bonds. The van der Waals surface area contributed by atoms with Crippen molar-refractivity contribution < 1.29 is 19.8 Å². The molecule has 92 valence electrons. The third-order valence-corrected chi connectivity index (χ3v) is 3.56. The number of aliphatic hydroxyl groups is 1. The number of rotatable bonds is 5. The fraction of sp³-hybridized carbons (Fsp3) is 0.273. The lowest BCUT2D eigenvalue weighted by atomic mass is 10.0. The molecule has 17 heavy (non-hydrogen) atoms. The van der Waals surface area contributed by atoms with Crippen molar-refractivity contribution in [3.63, 3.8) is 0 Å². The second-order valence-corrected chi connectivity index (χ2v) is 4.86. The second-order valence-electron chi connectivity index (χ2n) is 3.44. The van der Waals surface area contributed by atoms with Crippen molar-refractivity contribution in [3.8, 4) is 0 Å². The molecular formula is C11H10Br2O4. The van der Waals surface area contributed by atoms with Crippen molar-refractivity contribution in [1.82, 2.24) is 0 Å². The van der Waals surface area contributed by atoms with Gasteiger partial charge in [-0.3, -0.25) is 4.79 Å². The average Bonchev–Trinajstić information content (AvgIpc) is 2.30. The highest BCUT2D eigenvalue weighted by atomic mass is 79.9. The van der Waals surface area contributed by atoms with Gasteiger partial charge in [0.05, 0.1) is 5.33 Å². The Hall–Kier alpha value is -0.720. The van der Waals surface area contributed by atoms with Crippen LogP contribution in [0.25, 0.3) is 0 Å². The Kier molecular flexibility index (Phi) is 5.30. The van der Waals surface area contributed by atoms with Crippen molar-refractivity contribution in [2.75, 3.05) is 5.33 Å². The van der Waals surface area contributed by atoms with E-state index in [1.54, 1.807) is 6.07 Å². The van der Waals surface area contributed by atoms with Gasteiger partial charge in [-0.25, -0.2) is 4.79 Å². The van der Waals surface area contributed by atoms with Gasteiger partial charge in [0.2, 0.25) is 0 Å². The minimum absolute atomic E-state index is 0.0207. The Morgan fingerprint density at radius 3 is 2.53 bits per heavy atom. The first-order chi connectivity index (χ1) is 7.95. The normalized spacial score (nSPS) is 12.2. The topological polar surface area (TPSA) is 74.6 Å². The van der Waals surface area contributed by atoms with Crippen LogP contribution in [0, 0.1) is 0 Å². The zero-order valence-corrected chi connectivity index (χ0v) is 11.9. The van der Waals surface area contributed by atoms with Gasteiger partial charge in [-0.1, -0.05) is 44.0 Å². The van der Waals surface area contributed by atoms with E-state index in [4.69, 9.17) is 5.11 Å². The van der Waals surface area contributed by atoms with E-state index in [-0.39, 0.29) is 23.1 Å². The molecule has 1 aromatic rings. The number of carboxylic acid groups (broad SMARTS) is 1. The molecule has 0 aliphatic heterocycles. The lowest BCUT2D eigenvalue weighted by Crippen LogP contribution is -2.11. The summed E-state index contributed by atoms with van der Waals surface area (Å²) < 4.78 is 0.716. The van der Waals surface area contributed by atoms with Crippen LogP contribution in [0.4, 0.5) is 0 Å². The largest absolute Gasteiger partial charge is 0.479 e. The van der Waals surface area contributed by atoms with Gasteiger partial charge in [0, 0.05) is 10.9 Å². The van der Waals surface area contributed by atoms with Crippen molar-refractivity contribution in [1.29, 1.82) is 0 Å². The van der Waals surface area contributed by atoms with Crippen LogP contribution in [0.1, 0.15) is 17.2 Å². The van der Waals surface area contributed by atoms with Gasteiger partial charge in [-0.05, 0) is 17.2 Å². The highest BCUT2D eigenvalue weighted by molar-refractivity contribution is 9.10. The highest BCUT2D eigenvalue weighted by Crippen LogP contribution is 2.23. The maximum absolute atomic E-state index is 11.3. The number of halogens is 2. The van der Waals surface area contributed by atoms with Gasteiger partial charge >= 0.3 is 5.97 Å². The lowest BCUT2D eigenvalue weighted by Gasteiger charge is -2.09. The quantitative estimate of drug-likeness (QED) is 0.783. The van der Waals surface area contributed by atoms with Crippen LogP contribution < -0.4 is 0 Å². The number of alkyl halides is 1. The monoisotopic (exact) mass is 364 g/mol. The Morgan fingerprint density at radius 1 is 1.35 bits per heavy atom. The van der Waals surface area contributed by atoms with Gasteiger partial charge < -0.3 is 10.2 Å². The van der Waals surface area contributed by atoms with Crippen LogP contribution in [-0.4, -0.2) is 27.3 Å². The first-order valence-electron chi connectivity index (χ1n) is 4.72. The minimum atomic E-state index is -1.57. The van der Waals surface area contributed by atoms with Crippen LogP contribution in [0.2, 0.25) is 0 Å². The molecule has 0 radical (unpaired) electrons. The summed E-state index contributed by atoms with van der Waals surface area (Å²) in [5.74, 6) is -1.34. The van der Waals surface area contributed by atoms with Crippen molar-refractivity contribution >= 4 is 43.6 Å². The third-order valence-electron chi connectivity index (χ3n) is 2.16. The van der Waals surface area contributed by atoms with Crippen LogP contribution in [0.5, 0.6) is 0 Å². The smallest absolute Gasteiger partial charge is 0.337 e. The molecule has 0 heterocycles. The molecular weight excluding hydrogens is 356 g/mol. The van der Waals surface area contributed by atoms with Crippen molar-refractivity contribution in [2.24, 2.45) is 0 Å². The summed E-state index contributed by atoms with van der Waals surface area (Å²) in [7, 11) is 0. The number of carbonyl (C=O) groups excluding carboxylic acids is 1. The Balaban J connectivity index is 3.02. The standard InChI is InChI=1S/C11H10Br2O4/c12-5-8(14)4-7-3-6(1-2-9(7)13)10(15)11(16)17/h1-3,10,15H,4-5H2,(H,16,17). The molecule has 0 bridgehead atoms. The van der Waals surface area contributed by atoms with Gasteiger partial charge in [-0.15, -0.1) is 0 Å².